The Morgan fingerprint density at radius 2 is 1.87 bits per heavy atom. The molecular weight excluding hydrogens is 509 g/mol. The fourth-order valence-electron chi connectivity index (χ4n) is 2.60. The fraction of sp³-hybridized carbons (Fsp3) is 0.111. The van der Waals surface area contributed by atoms with E-state index < -0.39 is 38.6 Å². The van der Waals surface area contributed by atoms with Gasteiger partial charge in [-0.1, -0.05) is 11.6 Å². The van der Waals surface area contributed by atoms with E-state index in [4.69, 9.17) is 16.3 Å². The third-order valence-electron chi connectivity index (χ3n) is 3.88. The van der Waals surface area contributed by atoms with E-state index in [2.05, 4.69) is 26.3 Å². The Balaban J connectivity index is 1.92. The summed E-state index contributed by atoms with van der Waals surface area (Å²) in [5, 5.41) is 17.6. The Hall–Kier alpha value is -3.12. The zero-order valence-corrected chi connectivity index (χ0v) is 17.7. The summed E-state index contributed by atoms with van der Waals surface area (Å²) < 4.78 is 44.9. The first-order chi connectivity index (χ1) is 14.5. The standard InChI is InChI=1S/C18H11BrClF3N4O4/c1-26-16(18(21,22)23)14(19)15(25-26)17(28)24-10-6-11(27(29)30)8-13(7-10)31-12-4-2-9(20)3-5-12/h2-8H,1H3,(H,24,28). The van der Waals surface area contributed by atoms with Gasteiger partial charge in [-0.25, -0.2) is 0 Å². The number of anilines is 1. The van der Waals surface area contributed by atoms with Gasteiger partial charge in [0.2, 0.25) is 0 Å². The van der Waals surface area contributed by atoms with Crippen LogP contribution in [0.3, 0.4) is 0 Å². The number of ether oxygens (including phenoxy) is 1. The number of aromatic nitrogens is 2. The van der Waals surface area contributed by atoms with E-state index in [1.165, 1.54) is 18.2 Å². The smallest absolute Gasteiger partial charge is 0.434 e. The first-order valence-corrected chi connectivity index (χ1v) is 9.46. The van der Waals surface area contributed by atoms with Crippen molar-refractivity contribution in [2.75, 3.05) is 5.32 Å². The van der Waals surface area contributed by atoms with Crippen molar-refractivity contribution in [3.8, 4) is 11.5 Å². The van der Waals surface area contributed by atoms with Gasteiger partial charge in [0.1, 0.15) is 11.5 Å². The molecule has 0 fully saturated rings. The van der Waals surface area contributed by atoms with E-state index in [0.29, 0.717) is 15.5 Å². The normalized spacial score (nSPS) is 11.3. The van der Waals surface area contributed by atoms with E-state index >= 15 is 0 Å². The summed E-state index contributed by atoms with van der Waals surface area (Å²) in [5.41, 5.74) is -2.17. The third-order valence-corrected chi connectivity index (χ3v) is 4.89. The molecule has 0 bridgehead atoms. The maximum absolute atomic E-state index is 13.1. The Morgan fingerprint density at radius 3 is 2.42 bits per heavy atom. The number of alkyl halides is 3. The lowest BCUT2D eigenvalue weighted by atomic mass is 10.2. The highest BCUT2D eigenvalue weighted by atomic mass is 79.9. The van der Waals surface area contributed by atoms with Gasteiger partial charge in [-0.3, -0.25) is 19.6 Å². The molecule has 3 rings (SSSR count). The highest BCUT2D eigenvalue weighted by Gasteiger charge is 2.39. The van der Waals surface area contributed by atoms with Crippen molar-refractivity contribution in [1.82, 2.24) is 9.78 Å². The summed E-state index contributed by atoms with van der Waals surface area (Å²) in [5.74, 6) is -0.664. The molecule has 162 valence electrons. The van der Waals surface area contributed by atoms with Gasteiger partial charge in [0.25, 0.3) is 11.6 Å². The van der Waals surface area contributed by atoms with Gasteiger partial charge in [0.15, 0.2) is 11.4 Å². The van der Waals surface area contributed by atoms with Crippen LogP contribution in [0.15, 0.2) is 46.9 Å². The maximum Gasteiger partial charge on any atom is 0.434 e. The number of rotatable bonds is 5. The number of hydrogen-bond acceptors (Lipinski definition) is 5. The molecule has 1 amide bonds. The topological polar surface area (TPSA) is 99.3 Å². The molecule has 13 heteroatoms. The number of nitro groups is 1. The van der Waals surface area contributed by atoms with Gasteiger partial charge < -0.3 is 10.1 Å². The second-order valence-corrected chi connectivity index (χ2v) is 7.34. The molecule has 0 unspecified atom stereocenters. The number of amides is 1. The number of nitrogens with zero attached hydrogens (tertiary/aromatic N) is 3. The summed E-state index contributed by atoms with van der Waals surface area (Å²) >= 11 is 8.55. The number of aryl methyl sites for hydroxylation is 1. The Bertz CT molecular complexity index is 1170. The monoisotopic (exact) mass is 518 g/mol. The Kier molecular flexibility index (Phi) is 6.23. The lowest BCUT2D eigenvalue weighted by Crippen LogP contribution is -2.14. The van der Waals surface area contributed by atoms with Gasteiger partial charge >= 0.3 is 6.18 Å². The van der Waals surface area contributed by atoms with Crippen LogP contribution in [0.25, 0.3) is 0 Å². The van der Waals surface area contributed by atoms with Crippen molar-refractivity contribution in [2.24, 2.45) is 7.05 Å². The molecule has 0 atom stereocenters. The number of benzene rings is 2. The van der Waals surface area contributed by atoms with Crippen LogP contribution in [0.5, 0.6) is 11.5 Å². The lowest BCUT2D eigenvalue weighted by Gasteiger charge is -2.09. The molecule has 3 aromatic rings. The lowest BCUT2D eigenvalue weighted by molar-refractivity contribution is -0.384. The van der Waals surface area contributed by atoms with E-state index in [1.807, 2.05) is 0 Å². The number of halogens is 5. The molecule has 2 aromatic carbocycles. The molecule has 1 N–H and O–H groups in total. The second kappa shape index (κ2) is 8.55. The quantitative estimate of drug-likeness (QED) is 0.339. The van der Waals surface area contributed by atoms with Gasteiger partial charge in [-0.05, 0) is 40.2 Å². The molecule has 1 aromatic heterocycles. The van der Waals surface area contributed by atoms with Crippen LogP contribution in [0.1, 0.15) is 16.2 Å². The number of nitrogens with one attached hydrogen (secondary N) is 1. The summed E-state index contributed by atoms with van der Waals surface area (Å²) in [7, 11) is 1.04. The van der Waals surface area contributed by atoms with Crippen molar-refractivity contribution >= 4 is 44.8 Å². The highest BCUT2D eigenvalue weighted by molar-refractivity contribution is 9.10. The maximum atomic E-state index is 13.1. The minimum atomic E-state index is -4.75. The fourth-order valence-corrected chi connectivity index (χ4v) is 3.47. The number of nitro benzene ring substituents is 1. The van der Waals surface area contributed by atoms with E-state index in [-0.39, 0.29) is 11.4 Å². The van der Waals surface area contributed by atoms with Crippen LogP contribution in [0.4, 0.5) is 24.5 Å². The number of carbonyl (C=O) groups excluding carboxylic acids is 1. The van der Waals surface area contributed by atoms with Gasteiger partial charge in [0.05, 0.1) is 21.1 Å². The predicted octanol–water partition coefficient (Wildman–Crippen LogP) is 5.81. The van der Waals surface area contributed by atoms with Crippen LogP contribution < -0.4 is 10.1 Å². The zero-order chi connectivity index (χ0) is 22.9. The van der Waals surface area contributed by atoms with Crippen LogP contribution in [-0.4, -0.2) is 20.6 Å². The van der Waals surface area contributed by atoms with Crippen LogP contribution in [-0.2, 0) is 13.2 Å². The second-order valence-electron chi connectivity index (χ2n) is 6.12. The summed E-state index contributed by atoms with van der Waals surface area (Å²) in [6, 6.07) is 9.60. The average molecular weight is 520 g/mol. The van der Waals surface area contributed by atoms with Gasteiger partial charge in [-0.15, -0.1) is 0 Å². The molecule has 0 spiro atoms. The average Bonchev–Trinajstić information content (AvgIpc) is 2.98. The van der Waals surface area contributed by atoms with Gasteiger partial charge in [0, 0.05) is 24.2 Å². The summed E-state index contributed by atoms with van der Waals surface area (Å²) in [6.45, 7) is 0. The first-order valence-electron chi connectivity index (χ1n) is 8.29. The number of carbonyl (C=O) groups is 1. The largest absolute Gasteiger partial charge is 0.457 e. The van der Waals surface area contributed by atoms with Crippen molar-refractivity contribution in [3.63, 3.8) is 0 Å². The summed E-state index contributed by atoms with van der Waals surface area (Å²) in [6.07, 6.45) is -4.75. The van der Waals surface area contributed by atoms with Crippen molar-refractivity contribution in [2.45, 2.75) is 6.18 Å². The van der Waals surface area contributed by atoms with Crippen LogP contribution >= 0.6 is 27.5 Å². The van der Waals surface area contributed by atoms with E-state index in [9.17, 15) is 28.1 Å². The van der Waals surface area contributed by atoms with E-state index in [1.54, 1.807) is 12.1 Å². The minimum Gasteiger partial charge on any atom is -0.457 e. The SMILES string of the molecule is Cn1nc(C(=O)Nc2cc(Oc3ccc(Cl)cc3)cc([N+](=O)[O-])c2)c(Br)c1C(F)(F)F. The van der Waals surface area contributed by atoms with Crippen LogP contribution in [0, 0.1) is 10.1 Å². The molecule has 31 heavy (non-hydrogen) atoms. The zero-order valence-electron chi connectivity index (χ0n) is 15.4. The molecule has 0 saturated carbocycles. The minimum absolute atomic E-state index is 0.0166. The van der Waals surface area contributed by atoms with Gasteiger partial charge in [-0.2, -0.15) is 18.3 Å². The van der Waals surface area contributed by atoms with E-state index in [0.717, 1.165) is 19.2 Å². The predicted molar refractivity (Wildman–Crippen MR) is 108 cm³/mol. The molecule has 0 saturated heterocycles. The number of non-ortho nitro benzene ring substituents is 1. The third kappa shape index (κ3) is 5.14. The molecule has 1 heterocycles. The highest BCUT2D eigenvalue weighted by Crippen LogP contribution is 2.37. The molecule has 0 aliphatic heterocycles. The number of hydrogen-bond donors (Lipinski definition) is 1. The molecule has 0 aliphatic rings. The van der Waals surface area contributed by atoms with Crippen molar-refractivity contribution in [3.05, 3.63) is 73.5 Å². The van der Waals surface area contributed by atoms with Crippen molar-refractivity contribution in [1.29, 1.82) is 0 Å². The Labute approximate surface area is 185 Å². The molecule has 0 radical (unpaired) electrons. The van der Waals surface area contributed by atoms with Crippen molar-refractivity contribution < 1.29 is 27.6 Å². The van der Waals surface area contributed by atoms with Crippen LogP contribution in [0.2, 0.25) is 5.02 Å². The summed E-state index contributed by atoms with van der Waals surface area (Å²) in [4.78, 5) is 23.0. The Morgan fingerprint density at radius 1 is 1.23 bits per heavy atom. The first kappa shape index (κ1) is 22.6. The molecular formula is C18H11BrClF3N4O4. The molecule has 0 aliphatic carbocycles. The molecule has 8 nitrogen and oxygen atoms in total.